The van der Waals surface area contributed by atoms with E-state index in [0.29, 0.717) is 0 Å². The summed E-state index contributed by atoms with van der Waals surface area (Å²) in [5, 5.41) is 1.60. The van der Waals surface area contributed by atoms with Crippen LogP contribution in [0.15, 0.2) is 11.9 Å². The third-order valence-corrected chi connectivity index (χ3v) is 1.52. The van der Waals surface area contributed by atoms with Crippen LogP contribution in [0.1, 0.15) is 33.1 Å². The Morgan fingerprint density at radius 1 is 1.45 bits per heavy atom. The van der Waals surface area contributed by atoms with Gasteiger partial charge in [0.2, 0.25) is 0 Å². The van der Waals surface area contributed by atoms with Crippen molar-refractivity contribution in [3.05, 3.63) is 11.9 Å². The average Bonchev–Trinajstić information content (AvgIpc) is 2.00. The Labute approximate surface area is 69.0 Å². The lowest BCUT2D eigenvalue weighted by atomic mass is 10.2. The quantitative estimate of drug-likeness (QED) is 0.465. The van der Waals surface area contributed by atoms with Crippen molar-refractivity contribution in [1.29, 1.82) is 0 Å². The van der Waals surface area contributed by atoms with Crippen molar-refractivity contribution >= 4 is 0 Å². The Kier molecular flexibility index (Phi) is 5.65. The highest BCUT2D eigenvalue weighted by molar-refractivity contribution is 4.94. The molecule has 3 nitrogen and oxygen atoms in total. The molecule has 0 aliphatic carbocycles. The molecule has 0 aromatic rings. The summed E-state index contributed by atoms with van der Waals surface area (Å²) in [5.74, 6) is 5.52. The zero-order valence-corrected chi connectivity index (χ0v) is 7.51. The summed E-state index contributed by atoms with van der Waals surface area (Å²) in [4.78, 5) is 0. The van der Waals surface area contributed by atoms with Crippen LogP contribution in [0.4, 0.5) is 0 Å². The van der Waals surface area contributed by atoms with Crippen molar-refractivity contribution < 1.29 is 0 Å². The van der Waals surface area contributed by atoms with Crippen LogP contribution < -0.4 is 11.6 Å². The van der Waals surface area contributed by atoms with E-state index in [0.717, 1.165) is 25.1 Å². The molecule has 0 aromatic heterocycles. The van der Waals surface area contributed by atoms with Crippen molar-refractivity contribution in [2.75, 3.05) is 6.54 Å². The van der Waals surface area contributed by atoms with Crippen molar-refractivity contribution in [1.82, 2.24) is 5.01 Å². The first-order chi connectivity index (χ1) is 5.20. The van der Waals surface area contributed by atoms with Gasteiger partial charge >= 0.3 is 0 Å². The van der Waals surface area contributed by atoms with E-state index in [9.17, 15) is 0 Å². The van der Waals surface area contributed by atoms with Gasteiger partial charge in [-0.3, -0.25) is 0 Å². The van der Waals surface area contributed by atoms with Crippen LogP contribution in [0.2, 0.25) is 0 Å². The third-order valence-electron chi connectivity index (χ3n) is 1.52. The average molecular weight is 157 g/mol. The van der Waals surface area contributed by atoms with Gasteiger partial charge in [-0.05, 0) is 19.8 Å². The highest BCUT2D eigenvalue weighted by Crippen LogP contribution is 2.00. The number of hydrazine groups is 1. The summed E-state index contributed by atoms with van der Waals surface area (Å²) >= 11 is 0. The molecule has 0 spiro atoms. The number of nitrogens with zero attached hydrogens (tertiary/aromatic N) is 1. The van der Waals surface area contributed by atoms with E-state index in [1.807, 2.05) is 6.92 Å². The maximum atomic E-state index is 5.68. The summed E-state index contributed by atoms with van der Waals surface area (Å²) in [6, 6.07) is 0. The van der Waals surface area contributed by atoms with Crippen LogP contribution in [0, 0.1) is 0 Å². The first-order valence-corrected chi connectivity index (χ1v) is 4.18. The summed E-state index contributed by atoms with van der Waals surface area (Å²) in [6.07, 6.45) is 5.06. The lowest BCUT2D eigenvalue weighted by Gasteiger charge is -2.11. The van der Waals surface area contributed by atoms with E-state index in [4.69, 9.17) is 11.6 Å². The summed E-state index contributed by atoms with van der Waals surface area (Å²) in [6.45, 7) is 4.93. The summed E-state index contributed by atoms with van der Waals surface area (Å²) in [5.41, 5.74) is 6.55. The standard InChI is InChI=1S/C8H19N3/c1-3-5-6-8(9)7-11(10)4-2/h7H,3-6,9-10H2,1-2H3/b8-7-. The molecule has 0 fully saturated rings. The van der Waals surface area contributed by atoms with E-state index < -0.39 is 0 Å². The summed E-state index contributed by atoms with van der Waals surface area (Å²) in [7, 11) is 0. The van der Waals surface area contributed by atoms with Gasteiger partial charge in [0.15, 0.2) is 0 Å². The Balaban J connectivity index is 3.61. The number of rotatable bonds is 5. The minimum Gasteiger partial charge on any atom is -0.401 e. The first-order valence-electron chi connectivity index (χ1n) is 4.18. The SMILES string of the molecule is CCCC/C(N)=C/N(N)CC. The molecule has 0 atom stereocenters. The van der Waals surface area contributed by atoms with Crippen LogP contribution in [0.3, 0.4) is 0 Å². The molecule has 0 saturated heterocycles. The second kappa shape index (κ2) is 6.04. The second-order valence-corrected chi connectivity index (χ2v) is 2.64. The van der Waals surface area contributed by atoms with E-state index >= 15 is 0 Å². The fraction of sp³-hybridized carbons (Fsp3) is 0.750. The molecule has 0 heterocycles. The monoisotopic (exact) mass is 157 g/mol. The predicted octanol–water partition coefficient (Wildman–Crippen LogP) is 1.17. The molecule has 0 amide bonds. The molecule has 66 valence electrons. The smallest absolute Gasteiger partial charge is 0.0342 e. The highest BCUT2D eigenvalue weighted by Gasteiger charge is 1.91. The Bertz CT molecular complexity index is 121. The molecule has 0 rings (SSSR count). The number of nitrogens with two attached hydrogens (primary N) is 2. The lowest BCUT2D eigenvalue weighted by molar-refractivity contribution is 0.411. The van der Waals surface area contributed by atoms with Crippen LogP contribution in [0.5, 0.6) is 0 Å². The van der Waals surface area contributed by atoms with Crippen molar-refractivity contribution in [3.63, 3.8) is 0 Å². The second-order valence-electron chi connectivity index (χ2n) is 2.64. The van der Waals surface area contributed by atoms with Gasteiger partial charge < -0.3 is 10.7 Å². The highest BCUT2D eigenvalue weighted by atomic mass is 15.4. The molecule has 4 N–H and O–H groups in total. The van der Waals surface area contributed by atoms with Gasteiger partial charge in [-0.2, -0.15) is 0 Å². The topological polar surface area (TPSA) is 55.3 Å². The van der Waals surface area contributed by atoms with Gasteiger partial charge in [0.25, 0.3) is 0 Å². The third kappa shape index (κ3) is 5.73. The molecular formula is C8H19N3. The van der Waals surface area contributed by atoms with Gasteiger partial charge in [-0.15, -0.1) is 0 Å². The van der Waals surface area contributed by atoms with Gasteiger partial charge in [0.1, 0.15) is 0 Å². The predicted molar refractivity (Wildman–Crippen MR) is 48.4 cm³/mol. The van der Waals surface area contributed by atoms with Crippen LogP contribution in [-0.4, -0.2) is 11.6 Å². The molecule has 0 unspecified atom stereocenters. The van der Waals surface area contributed by atoms with Crippen molar-refractivity contribution in [2.24, 2.45) is 11.6 Å². The van der Waals surface area contributed by atoms with Crippen LogP contribution in [0.25, 0.3) is 0 Å². The molecule has 0 saturated carbocycles. The van der Waals surface area contributed by atoms with Crippen LogP contribution >= 0.6 is 0 Å². The van der Waals surface area contributed by atoms with E-state index in [2.05, 4.69) is 6.92 Å². The Morgan fingerprint density at radius 3 is 2.55 bits per heavy atom. The molecule has 0 aliphatic rings. The van der Waals surface area contributed by atoms with Crippen molar-refractivity contribution in [2.45, 2.75) is 33.1 Å². The van der Waals surface area contributed by atoms with Gasteiger partial charge in [0, 0.05) is 18.4 Å². The Morgan fingerprint density at radius 2 is 2.09 bits per heavy atom. The molecule has 0 bridgehead atoms. The van der Waals surface area contributed by atoms with Gasteiger partial charge in [0.05, 0.1) is 0 Å². The minimum atomic E-state index is 0.798. The first kappa shape index (κ1) is 10.3. The van der Waals surface area contributed by atoms with Gasteiger partial charge in [-0.1, -0.05) is 13.3 Å². The zero-order chi connectivity index (χ0) is 8.69. The van der Waals surface area contributed by atoms with Crippen molar-refractivity contribution in [3.8, 4) is 0 Å². The minimum absolute atomic E-state index is 0.798. The van der Waals surface area contributed by atoms with Gasteiger partial charge in [-0.25, -0.2) is 5.84 Å². The van der Waals surface area contributed by atoms with E-state index in [-0.39, 0.29) is 0 Å². The molecule has 0 radical (unpaired) electrons. The fourth-order valence-electron chi connectivity index (χ4n) is 0.750. The molecule has 0 aliphatic heterocycles. The lowest BCUT2D eigenvalue weighted by Crippen LogP contribution is -2.25. The van der Waals surface area contributed by atoms with E-state index in [1.165, 1.54) is 6.42 Å². The molecular weight excluding hydrogens is 138 g/mol. The molecule has 3 heteroatoms. The zero-order valence-electron chi connectivity index (χ0n) is 7.51. The maximum Gasteiger partial charge on any atom is 0.0342 e. The number of allylic oxidation sites excluding steroid dienone is 1. The number of hydrogen-bond acceptors (Lipinski definition) is 3. The molecule has 0 aromatic carbocycles. The maximum absolute atomic E-state index is 5.68. The number of hydrogen-bond donors (Lipinski definition) is 2. The number of unbranched alkanes of at least 4 members (excludes halogenated alkanes) is 1. The normalized spacial score (nSPS) is 11.7. The van der Waals surface area contributed by atoms with E-state index in [1.54, 1.807) is 11.2 Å². The molecule has 11 heavy (non-hydrogen) atoms. The largest absolute Gasteiger partial charge is 0.401 e. The fourth-order valence-corrected chi connectivity index (χ4v) is 0.750. The Hall–Kier alpha value is -0.700. The summed E-state index contributed by atoms with van der Waals surface area (Å²) < 4.78 is 0. The van der Waals surface area contributed by atoms with Crippen LogP contribution in [-0.2, 0) is 0 Å².